The maximum Gasteiger partial charge on any atom is 0.321 e. The van der Waals surface area contributed by atoms with Crippen molar-refractivity contribution in [2.24, 2.45) is 5.92 Å². The predicted octanol–water partition coefficient (Wildman–Crippen LogP) is 13.9. The Morgan fingerprint density at radius 2 is 0.786 bits per heavy atom. The molecular formula is C40H72O2. The van der Waals surface area contributed by atoms with Crippen LogP contribution in [0.15, 0.2) is 36.1 Å². The summed E-state index contributed by atoms with van der Waals surface area (Å²) in [4.78, 5) is 11.9. The van der Waals surface area contributed by atoms with E-state index in [9.17, 15) is 4.79 Å². The Balaban J connectivity index is 1.87. The molecule has 0 amide bonds. The minimum Gasteiger partial charge on any atom is -0.430 e. The highest BCUT2D eigenvalue weighted by atomic mass is 16.6. The largest absolute Gasteiger partial charge is 0.430 e. The average molecular weight is 585 g/mol. The number of carbonyl (C=O) groups is 1. The van der Waals surface area contributed by atoms with Crippen LogP contribution < -0.4 is 0 Å². The van der Waals surface area contributed by atoms with E-state index in [-0.39, 0.29) is 11.9 Å². The van der Waals surface area contributed by atoms with Gasteiger partial charge in [0.2, 0.25) is 0 Å². The highest BCUT2D eigenvalue weighted by molar-refractivity contribution is 5.82. The normalized spacial score (nSPS) is 16.2. The average Bonchev–Trinajstić information content (AvgIpc) is 2.99. The van der Waals surface area contributed by atoms with Gasteiger partial charge in [-0.2, -0.15) is 0 Å². The topological polar surface area (TPSA) is 26.3 Å². The molecule has 0 N–H and O–H groups in total. The van der Waals surface area contributed by atoms with Gasteiger partial charge in [0.1, 0.15) is 11.7 Å². The first-order valence-electron chi connectivity index (χ1n) is 19.0. The van der Waals surface area contributed by atoms with Gasteiger partial charge in [0.25, 0.3) is 0 Å². The lowest BCUT2D eigenvalue weighted by molar-refractivity contribution is -0.157. The molecule has 0 aromatic rings. The van der Waals surface area contributed by atoms with Crippen molar-refractivity contribution in [2.45, 2.75) is 206 Å². The summed E-state index contributed by atoms with van der Waals surface area (Å²) in [6.45, 7) is 4.57. The molecule has 42 heavy (non-hydrogen) atoms. The molecule has 244 valence electrons. The minimum absolute atomic E-state index is 0.00928. The first-order valence-corrected chi connectivity index (χ1v) is 19.0. The second-order valence-electron chi connectivity index (χ2n) is 13.0. The lowest BCUT2D eigenvalue weighted by atomic mass is 9.93. The maximum absolute atomic E-state index is 11.9. The van der Waals surface area contributed by atoms with Crippen molar-refractivity contribution >= 4 is 5.97 Å². The molecule has 0 aliphatic carbocycles. The molecule has 0 radical (unpaired) electrons. The lowest BCUT2D eigenvalue weighted by Gasteiger charge is -2.28. The lowest BCUT2D eigenvalue weighted by Crippen LogP contribution is -2.32. The summed E-state index contributed by atoms with van der Waals surface area (Å²) < 4.78 is 5.37. The summed E-state index contributed by atoms with van der Waals surface area (Å²) in [7, 11) is 0. The number of hydrogen-bond donors (Lipinski definition) is 0. The predicted molar refractivity (Wildman–Crippen MR) is 186 cm³/mol. The van der Waals surface area contributed by atoms with Crippen LogP contribution in [0.5, 0.6) is 0 Å². The highest BCUT2D eigenvalue weighted by Crippen LogP contribution is 2.32. The zero-order valence-electron chi connectivity index (χ0n) is 28.5. The van der Waals surface area contributed by atoms with E-state index in [2.05, 4.69) is 44.2 Å². The number of carbonyl (C=O) groups excluding carboxylic acids is 1. The molecule has 1 heterocycles. The van der Waals surface area contributed by atoms with Gasteiger partial charge in [0.05, 0.1) is 0 Å². The molecule has 2 heteroatoms. The van der Waals surface area contributed by atoms with E-state index in [4.69, 9.17) is 4.74 Å². The van der Waals surface area contributed by atoms with Crippen molar-refractivity contribution in [2.75, 3.05) is 0 Å². The fourth-order valence-electron chi connectivity index (χ4n) is 5.99. The first-order chi connectivity index (χ1) is 20.8. The van der Waals surface area contributed by atoms with Gasteiger partial charge in [-0.3, -0.25) is 4.79 Å². The van der Waals surface area contributed by atoms with Crippen LogP contribution in [0.3, 0.4) is 0 Å². The van der Waals surface area contributed by atoms with E-state index in [0.29, 0.717) is 0 Å². The summed E-state index contributed by atoms with van der Waals surface area (Å²) >= 11 is 0. The Bertz CT molecular complexity index is 673. The van der Waals surface area contributed by atoms with E-state index >= 15 is 0 Å². The highest BCUT2D eigenvalue weighted by Gasteiger charge is 2.36. The summed E-state index contributed by atoms with van der Waals surface area (Å²) in [6, 6.07) is 0. The van der Waals surface area contributed by atoms with Crippen molar-refractivity contribution in [1.29, 1.82) is 0 Å². The molecule has 1 saturated heterocycles. The first kappa shape index (κ1) is 38.7. The molecule has 0 bridgehead atoms. The van der Waals surface area contributed by atoms with Crippen LogP contribution in [0.1, 0.15) is 206 Å². The van der Waals surface area contributed by atoms with E-state index in [1.54, 1.807) is 0 Å². The molecule has 1 atom stereocenters. The quantitative estimate of drug-likeness (QED) is 0.0446. The third kappa shape index (κ3) is 24.2. The van der Waals surface area contributed by atoms with Gasteiger partial charge in [-0.05, 0) is 76.7 Å². The molecule has 2 nitrogen and oxygen atoms in total. The summed E-state index contributed by atoms with van der Waals surface area (Å²) in [5.74, 6) is 1.05. The second-order valence-corrected chi connectivity index (χ2v) is 13.0. The third-order valence-electron chi connectivity index (χ3n) is 8.91. The van der Waals surface area contributed by atoms with Gasteiger partial charge in [0, 0.05) is 0 Å². The Labute approximate surface area is 263 Å². The van der Waals surface area contributed by atoms with E-state index in [1.807, 2.05) is 0 Å². The van der Waals surface area contributed by atoms with Crippen molar-refractivity contribution in [1.82, 2.24) is 0 Å². The Kier molecular flexibility index (Phi) is 28.7. The Hall–Kier alpha value is -1.31. The van der Waals surface area contributed by atoms with Crippen LogP contribution in [0.25, 0.3) is 0 Å². The smallest absolute Gasteiger partial charge is 0.321 e. The number of esters is 1. The van der Waals surface area contributed by atoms with Gasteiger partial charge in [-0.15, -0.1) is 0 Å². The SMILES string of the molecule is CCCCCCCC/C=C\CCCCCCCC/C=C1/OC(=O)C1CCCCCCCC/C=C\CCCCCCCC. The zero-order chi connectivity index (χ0) is 30.2. The number of hydrogen-bond acceptors (Lipinski definition) is 2. The fraction of sp³-hybridized carbons (Fsp3) is 0.825. The van der Waals surface area contributed by atoms with Crippen molar-refractivity contribution in [3.05, 3.63) is 36.1 Å². The van der Waals surface area contributed by atoms with Crippen LogP contribution in [-0.4, -0.2) is 5.97 Å². The number of unbranched alkanes of at least 4 members (excludes halogenated alkanes) is 25. The van der Waals surface area contributed by atoms with Crippen LogP contribution in [0, 0.1) is 5.92 Å². The second kappa shape index (κ2) is 31.1. The molecule has 0 spiro atoms. The number of rotatable bonds is 32. The van der Waals surface area contributed by atoms with Crippen LogP contribution >= 0.6 is 0 Å². The monoisotopic (exact) mass is 585 g/mol. The molecule has 1 unspecified atom stereocenters. The standard InChI is InChI=1S/C40H72O2/c1-3-5-7-9-11-13-15-17-19-21-23-25-27-29-31-33-35-37-39-38(40(41)42-39)36-34-32-30-28-26-24-22-20-18-16-14-12-10-8-6-4-2/h17-20,37-38H,3-16,21-36H2,1-2H3/b19-17-,20-18-,39-37+. The number of allylic oxidation sites excluding steroid dienone is 5. The molecule has 1 aliphatic heterocycles. The van der Waals surface area contributed by atoms with Gasteiger partial charge in [0.15, 0.2) is 0 Å². The zero-order valence-corrected chi connectivity index (χ0v) is 28.5. The van der Waals surface area contributed by atoms with Gasteiger partial charge in [-0.1, -0.05) is 160 Å². The van der Waals surface area contributed by atoms with Crippen molar-refractivity contribution < 1.29 is 9.53 Å². The molecule has 0 aromatic carbocycles. The van der Waals surface area contributed by atoms with Gasteiger partial charge in [-0.25, -0.2) is 0 Å². The molecule has 0 aromatic heterocycles. The molecule has 1 fully saturated rings. The molecule has 1 aliphatic rings. The summed E-state index contributed by atoms with van der Waals surface area (Å²) in [5.41, 5.74) is 0. The third-order valence-corrected chi connectivity index (χ3v) is 8.91. The van der Waals surface area contributed by atoms with Crippen molar-refractivity contribution in [3.63, 3.8) is 0 Å². The van der Waals surface area contributed by atoms with E-state index in [0.717, 1.165) is 25.0 Å². The fourth-order valence-corrected chi connectivity index (χ4v) is 5.99. The number of ether oxygens (including phenoxy) is 1. The van der Waals surface area contributed by atoms with Crippen LogP contribution in [-0.2, 0) is 9.53 Å². The van der Waals surface area contributed by atoms with Crippen molar-refractivity contribution in [3.8, 4) is 0 Å². The Morgan fingerprint density at radius 3 is 1.17 bits per heavy atom. The number of cyclic esters (lactones) is 1. The van der Waals surface area contributed by atoms with Gasteiger partial charge < -0.3 is 4.74 Å². The van der Waals surface area contributed by atoms with Crippen LogP contribution in [0.4, 0.5) is 0 Å². The van der Waals surface area contributed by atoms with E-state index < -0.39 is 0 Å². The Morgan fingerprint density at radius 1 is 0.452 bits per heavy atom. The van der Waals surface area contributed by atoms with E-state index in [1.165, 1.54) is 173 Å². The van der Waals surface area contributed by atoms with Gasteiger partial charge >= 0.3 is 5.97 Å². The summed E-state index contributed by atoms with van der Waals surface area (Å²) in [5, 5.41) is 0. The summed E-state index contributed by atoms with van der Waals surface area (Å²) in [6.07, 6.45) is 51.2. The molecule has 1 rings (SSSR count). The van der Waals surface area contributed by atoms with Crippen LogP contribution in [0.2, 0.25) is 0 Å². The molecule has 0 saturated carbocycles. The maximum atomic E-state index is 11.9. The minimum atomic E-state index is 0.00928. The molecular weight excluding hydrogens is 512 g/mol.